The molecule has 98 valence electrons. The van der Waals surface area contributed by atoms with Gasteiger partial charge in [-0.3, -0.25) is 0 Å². The van der Waals surface area contributed by atoms with Gasteiger partial charge in [-0.05, 0) is 18.1 Å². The van der Waals surface area contributed by atoms with E-state index in [0.29, 0.717) is 19.7 Å². The Balaban J connectivity index is 2.27. The predicted octanol–water partition coefficient (Wildman–Crippen LogP) is 1.39. The Morgan fingerprint density at radius 3 is 2.94 bits per heavy atom. The summed E-state index contributed by atoms with van der Waals surface area (Å²) in [4.78, 5) is 11.0. The maximum absolute atomic E-state index is 11.0. The van der Waals surface area contributed by atoms with Gasteiger partial charge in [0.15, 0.2) is 0 Å². The van der Waals surface area contributed by atoms with E-state index < -0.39 is 0 Å². The van der Waals surface area contributed by atoms with E-state index in [1.165, 1.54) is 6.08 Å². The highest BCUT2D eigenvalue weighted by atomic mass is 16.5. The summed E-state index contributed by atoms with van der Waals surface area (Å²) in [5, 5.41) is 12.2. The number of hydrogen-bond acceptors (Lipinski definition) is 4. The fourth-order valence-corrected chi connectivity index (χ4v) is 1.48. The van der Waals surface area contributed by atoms with Gasteiger partial charge in [0.1, 0.15) is 0 Å². The van der Waals surface area contributed by atoms with Crippen molar-refractivity contribution in [2.24, 2.45) is 0 Å². The second-order valence-electron chi connectivity index (χ2n) is 3.76. The third kappa shape index (κ3) is 5.61. The van der Waals surface area contributed by atoms with Crippen molar-refractivity contribution in [3.63, 3.8) is 0 Å². The third-order valence-electron chi connectivity index (χ3n) is 2.31. The highest BCUT2D eigenvalue weighted by molar-refractivity contribution is 5.81. The fourth-order valence-electron chi connectivity index (χ4n) is 1.48. The van der Waals surface area contributed by atoms with Crippen LogP contribution in [0.2, 0.25) is 0 Å². The monoisotopic (exact) mass is 249 g/mol. The van der Waals surface area contributed by atoms with Crippen molar-refractivity contribution in [2.45, 2.75) is 20.1 Å². The van der Waals surface area contributed by atoms with Gasteiger partial charge in [0.2, 0.25) is 0 Å². The van der Waals surface area contributed by atoms with E-state index in [0.717, 1.165) is 11.1 Å². The lowest BCUT2D eigenvalue weighted by Gasteiger charge is -2.04. The van der Waals surface area contributed by atoms with Gasteiger partial charge in [0.25, 0.3) is 0 Å². The molecule has 1 aromatic rings. The molecule has 1 rings (SSSR count). The molecule has 4 nitrogen and oxygen atoms in total. The van der Waals surface area contributed by atoms with Crippen LogP contribution in [0, 0.1) is 0 Å². The molecule has 0 aliphatic carbocycles. The molecule has 18 heavy (non-hydrogen) atoms. The molecule has 0 saturated heterocycles. The zero-order chi connectivity index (χ0) is 13.2. The van der Waals surface area contributed by atoms with Crippen LogP contribution in [-0.4, -0.2) is 24.2 Å². The Hall–Kier alpha value is -1.65. The highest BCUT2D eigenvalue weighted by Gasteiger charge is 1.95. The molecule has 0 unspecified atom stereocenters. The van der Waals surface area contributed by atoms with Gasteiger partial charge in [-0.1, -0.05) is 30.3 Å². The molecular weight excluding hydrogens is 230 g/mol. The summed E-state index contributed by atoms with van der Waals surface area (Å²) in [5.41, 5.74) is 2.00. The van der Waals surface area contributed by atoms with Crippen LogP contribution in [0.5, 0.6) is 0 Å². The van der Waals surface area contributed by atoms with Crippen molar-refractivity contribution in [1.82, 2.24) is 5.32 Å². The molecule has 0 saturated carbocycles. The average Bonchev–Trinajstić information content (AvgIpc) is 2.39. The van der Waals surface area contributed by atoms with E-state index in [1.54, 1.807) is 13.0 Å². The molecule has 0 fully saturated rings. The summed E-state index contributed by atoms with van der Waals surface area (Å²) < 4.78 is 4.76. The van der Waals surface area contributed by atoms with Crippen molar-refractivity contribution in [1.29, 1.82) is 0 Å². The minimum absolute atomic E-state index is 0.0522. The Kier molecular flexibility index (Phi) is 6.76. The molecule has 0 heterocycles. The Bertz CT molecular complexity index is 402. The van der Waals surface area contributed by atoms with Gasteiger partial charge in [-0.15, -0.1) is 0 Å². The molecular formula is C14H19NO3. The molecule has 0 aromatic heterocycles. The van der Waals surface area contributed by atoms with E-state index in [9.17, 15) is 4.79 Å². The highest BCUT2D eigenvalue weighted by Crippen LogP contribution is 2.04. The molecule has 0 aliphatic rings. The molecule has 0 atom stereocenters. The van der Waals surface area contributed by atoms with Gasteiger partial charge < -0.3 is 15.2 Å². The second-order valence-corrected chi connectivity index (χ2v) is 3.76. The van der Waals surface area contributed by atoms with Crippen molar-refractivity contribution in [2.75, 3.05) is 13.2 Å². The number of benzene rings is 1. The van der Waals surface area contributed by atoms with Crippen LogP contribution >= 0.6 is 0 Å². The summed E-state index contributed by atoms with van der Waals surface area (Å²) in [6, 6.07) is 7.73. The number of carbonyl (C=O) groups is 1. The van der Waals surface area contributed by atoms with E-state index in [4.69, 9.17) is 9.84 Å². The van der Waals surface area contributed by atoms with Gasteiger partial charge in [-0.2, -0.15) is 0 Å². The van der Waals surface area contributed by atoms with Gasteiger partial charge in [-0.25, -0.2) is 4.79 Å². The summed E-state index contributed by atoms with van der Waals surface area (Å²) in [5.74, 6) is -0.318. The largest absolute Gasteiger partial charge is 0.463 e. The molecule has 0 radical (unpaired) electrons. The first-order valence-electron chi connectivity index (χ1n) is 5.99. The van der Waals surface area contributed by atoms with Crippen LogP contribution in [-0.2, 0) is 22.7 Å². The lowest BCUT2D eigenvalue weighted by molar-refractivity contribution is -0.137. The molecule has 0 amide bonds. The topological polar surface area (TPSA) is 58.6 Å². The van der Waals surface area contributed by atoms with E-state index in [2.05, 4.69) is 5.32 Å². The van der Waals surface area contributed by atoms with Crippen molar-refractivity contribution in [3.8, 4) is 0 Å². The fraction of sp³-hybridized carbons (Fsp3) is 0.357. The maximum Gasteiger partial charge on any atom is 0.330 e. The van der Waals surface area contributed by atoms with Crippen molar-refractivity contribution >= 4 is 5.97 Å². The van der Waals surface area contributed by atoms with E-state index in [-0.39, 0.29) is 12.6 Å². The molecule has 0 aliphatic heterocycles. The quantitative estimate of drug-likeness (QED) is 0.435. The first-order chi connectivity index (χ1) is 8.76. The zero-order valence-corrected chi connectivity index (χ0v) is 10.6. The normalized spacial score (nSPS) is 10.8. The Labute approximate surface area is 107 Å². The number of aliphatic hydroxyl groups excluding tert-OH is 1. The minimum atomic E-state index is -0.318. The van der Waals surface area contributed by atoms with Gasteiger partial charge in [0.05, 0.1) is 13.2 Å². The van der Waals surface area contributed by atoms with Crippen LogP contribution in [0.25, 0.3) is 0 Å². The van der Waals surface area contributed by atoms with Crippen LogP contribution < -0.4 is 5.32 Å². The van der Waals surface area contributed by atoms with Crippen molar-refractivity contribution in [3.05, 3.63) is 47.5 Å². The number of nitrogens with one attached hydrogen (secondary N) is 1. The molecule has 4 heteroatoms. The number of aliphatic hydroxyl groups is 1. The SMILES string of the molecule is CCOC(=O)/C=C/CNCc1cccc(CO)c1. The smallest absolute Gasteiger partial charge is 0.330 e. The summed E-state index contributed by atoms with van der Waals surface area (Å²) >= 11 is 0. The van der Waals surface area contributed by atoms with Crippen LogP contribution in [0.15, 0.2) is 36.4 Å². The standard InChI is InChI=1S/C14H19NO3/c1-2-18-14(17)7-4-8-15-10-12-5-3-6-13(9-12)11-16/h3-7,9,15-16H,2,8,10-11H2,1H3/b7-4+. The van der Waals surface area contributed by atoms with Crippen LogP contribution in [0.1, 0.15) is 18.1 Å². The summed E-state index contributed by atoms with van der Waals surface area (Å²) in [6.45, 7) is 3.52. The first-order valence-corrected chi connectivity index (χ1v) is 5.99. The number of ether oxygens (including phenoxy) is 1. The molecule has 0 spiro atoms. The average molecular weight is 249 g/mol. The molecule has 1 aromatic carbocycles. The van der Waals surface area contributed by atoms with Crippen molar-refractivity contribution < 1.29 is 14.6 Å². The summed E-state index contributed by atoms with van der Waals surface area (Å²) in [6.07, 6.45) is 3.15. The number of carbonyl (C=O) groups excluding carboxylic acids is 1. The van der Waals surface area contributed by atoms with E-state index in [1.807, 2.05) is 24.3 Å². The van der Waals surface area contributed by atoms with E-state index >= 15 is 0 Å². The Morgan fingerprint density at radius 1 is 1.44 bits per heavy atom. The Morgan fingerprint density at radius 2 is 2.22 bits per heavy atom. The second kappa shape index (κ2) is 8.44. The maximum atomic E-state index is 11.0. The summed E-state index contributed by atoms with van der Waals surface area (Å²) in [7, 11) is 0. The first kappa shape index (κ1) is 14.4. The van der Waals surface area contributed by atoms with Gasteiger partial charge in [0, 0.05) is 19.2 Å². The van der Waals surface area contributed by atoms with Gasteiger partial charge >= 0.3 is 5.97 Å². The third-order valence-corrected chi connectivity index (χ3v) is 2.31. The molecule has 2 N–H and O–H groups in total. The number of esters is 1. The number of hydrogen-bond donors (Lipinski definition) is 2. The lowest BCUT2D eigenvalue weighted by Crippen LogP contribution is -2.13. The predicted molar refractivity (Wildman–Crippen MR) is 69.8 cm³/mol. The van der Waals surface area contributed by atoms with Crippen LogP contribution in [0.4, 0.5) is 0 Å². The lowest BCUT2D eigenvalue weighted by atomic mass is 10.1. The zero-order valence-electron chi connectivity index (χ0n) is 10.6. The number of rotatable bonds is 7. The molecule has 0 bridgehead atoms. The van der Waals surface area contributed by atoms with Crippen LogP contribution in [0.3, 0.4) is 0 Å². The minimum Gasteiger partial charge on any atom is -0.463 e.